The molecular formula is C25H18O4. The number of aryl methyl sites for hydroxylation is 1. The second-order valence-electron chi connectivity index (χ2n) is 6.60. The van der Waals surface area contributed by atoms with E-state index in [4.69, 9.17) is 9.47 Å². The molecule has 0 aromatic heterocycles. The van der Waals surface area contributed by atoms with Crippen LogP contribution in [0.5, 0.6) is 11.5 Å². The number of carbonyl (C=O) groups is 2. The predicted molar refractivity (Wildman–Crippen MR) is 111 cm³/mol. The Labute approximate surface area is 168 Å². The molecule has 0 atom stereocenters. The average molecular weight is 382 g/mol. The van der Waals surface area contributed by atoms with Crippen molar-refractivity contribution in [1.29, 1.82) is 0 Å². The summed E-state index contributed by atoms with van der Waals surface area (Å²) >= 11 is 0. The molecule has 4 aromatic carbocycles. The fourth-order valence-corrected chi connectivity index (χ4v) is 3.13. The van der Waals surface area contributed by atoms with Crippen molar-refractivity contribution in [3.8, 4) is 11.5 Å². The van der Waals surface area contributed by atoms with Gasteiger partial charge in [0.1, 0.15) is 11.5 Å². The Morgan fingerprint density at radius 1 is 0.621 bits per heavy atom. The molecule has 4 rings (SSSR count). The van der Waals surface area contributed by atoms with Gasteiger partial charge in [-0.25, -0.2) is 9.59 Å². The zero-order chi connectivity index (χ0) is 20.2. The Morgan fingerprint density at radius 3 is 1.93 bits per heavy atom. The van der Waals surface area contributed by atoms with Crippen LogP contribution in [0.2, 0.25) is 0 Å². The largest absolute Gasteiger partial charge is 0.423 e. The van der Waals surface area contributed by atoms with Crippen molar-refractivity contribution in [3.63, 3.8) is 0 Å². The van der Waals surface area contributed by atoms with Crippen molar-refractivity contribution in [2.45, 2.75) is 6.92 Å². The molecule has 4 heteroatoms. The maximum Gasteiger partial charge on any atom is 0.344 e. The summed E-state index contributed by atoms with van der Waals surface area (Å²) in [5, 5.41) is 1.78. The lowest BCUT2D eigenvalue weighted by Crippen LogP contribution is -2.11. The zero-order valence-electron chi connectivity index (χ0n) is 15.8. The van der Waals surface area contributed by atoms with Crippen LogP contribution in [0.25, 0.3) is 10.8 Å². The lowest BCUT2D eigenvalue weighted by Gasteiger charge is -2.10. The third-order valence-electron chi connectivity index (χ3n) is 4.60. The summed E-state index contributed by atoms with van der Waals surface area (Å²) in [6, 6.07) is 26.8. The van der Waals surface area contributed by atoms with Crippen LogP contribution in [0.1, 0.15) is 26.3 Å². The summed E-state index contributed by atoms with van der Waals surface area (Å²) in [5.41, 5.74) is 1.80. The van der Waals surface area contributed by atoms with Gasteiger partial charge < -0.3 is 9.47 Å². The number of ether oxygens (including phenoxy) is 2. The molecule has 0 bridgehead atoms. The van der Waals surface area contributed by atoms with Gasteiger partial charge in [-0.3, -0.25) is 0 Å². The molecule has 0 fully saturated rings. The first-order valence-corrected chi connectivity index (χ1v) is 9.19. The monoisotopic (exact) mass is 382 g/mol. The molecule has 0 spiro atoms. The first-order valence-electron chi connectivity index (χ1n) is 9.19. The van der Waals surface area contributed by atoms with Crippen molar-refractivity contribution in [2.75, 3.05) is 0 Å². The van der Waals surface area contributed by atoms with Gasteiger partial charge in [-0.15, -0.1) is 0 Å². The summed E-state index contributed by atoms with van der Waals surface area (Å²) in [7, 11) is 0. The van der Waals surface area contributed by atoms with Crippen LogP contribution < -0.4 is 9.47 Å². The van der Waals surface area contributed by atoms with Crippen molar-refractivity contribution in [3.05, 3.63) is 108 Å². The third-order valence-corrected chi connectivity index (χ3v) is 4.60. The molecule has 0 aliphatic rings. The first kappa shape index (κ1) is 18.4. The zero-order valence-corrected chi connectivity index (χ0v) is 15.8. The highest BCUT2D eigenvalue weighted by Gasteiger charge is 2.14. The van der Waals surface area contributed by atoms with E-state index in [1.165, 1.54) is 6.07 Å². The van der Waals surface area contributed by atoms with Gasteiger partial charge >= 0.3 is 11.9 Å². The van der Waals surface area contributed by atoms with Crippen LogP contribution in [0.15, 0.2) is 91.0 Å². The second-order valence-corrected chi connectivity index (χ2v) is 6.60. The standard InChI is InChI=1S/C25H18O4/c1-17-8-2-4-13-21(17)24(26)28-19-11-7-12-20(16-19)29-25(27)23-15-6-10-18-9-3-5-14-22(18)23/h2-16H,1H3. The lowest BCUT2D eigenvalue weighted by atomic mass is 10.0. The topological polar surface area (TPSA) is 52.6 Å². The van der Waals surface area contributed by atoms with Crippen molar-refractivity contribution in [1.82, 2.24) is 0 Å². The minimum Gasteiger partial charge on any atom is -0.423 e. The third kappa shape index (κ3) is 4.01. The Kier molecular flexibility index (Phi) is 5.08. The van der Waals surface area contributed by atoms with Crippen LogP contribution in [-0.2, 0) is 0 Å². The van der Waals surface area contributed by atoms with Crippen LogP contribution in [0.4, 0.5) is 0 Å². The van der Waals surface area contributed by atoms with E-state index in [2.05, 4.69) is 0 Å². The number of carbonyl (C=O) groups excluding carboxylic acids is 2. The van der Waals surface area contributed by atoms with E-state index in [0.717, 1.165) is 16.3 Å². The van der Waals surface area contributed by atoms with E-state index in [0.29, 0.717) is 22.6 Å². The number of hydrogen-bond acceptors (Lipinski definition) is 4. The molecule has 0 aliphatic carbocycles. The highest BCUT2D eigenvalue weighted by Crippen LogP contribution is 2.24. The molecule has 0 unspecified atom stereocenters. The van der Waals surface area contributed by atoms with E-state index in [-0.39, 0.29) is 0 Å². The van der Waals surface area contributed by atoms with Crippen molar-refractivity contribution in [2.24, 2.45) is 0 Å². The molecule has 4 nitrogen and oxygen atoms in total. The molecule has 29 heavy (non-hydrogen) atoms. The van der Waals surface area contributed by atoms with E-state index in [1.807, 2.05) is 55.5 Å². The number of hydrogen-bond donors (Lipinski definition) is 0. The Hall–Kier alpha value is -3.92. The highest BCUT2D eigenvalue weighted by atomic mass is 16.5. The molecule has 0 heterocycles. The Morgan fingerprint density at radius 2 is 1.17 bits per heavy atom. The fourth-order valence-electron chi connectivity index (χ4n) is 3.13. The molecule has 0 N–H and O–H groups in total. The number of esters is 2. The Balaban J connectivity index is 1.54. The summed E-state index contributed by atoms with van der Waals surface area (Å²) in [6.07, 6.45) is 0. The van der Waals surface area contributed by atoms with Gasteiger partial charge in [-0.2, -0.15) is 0 Å². The predicted octanol–water partition coefficient (Wildman–Crippen LogP) is 5.59. The maximum absolute atomic E-state index is 12.7. The van der Waals surface area contributed by atoms with Gasteiger partial charge in [-0.1, -0.05) is 60.7 Å². The van der Waals surface area contributed by atoms with Gasteiger partial charge in [0.05, 0.1) is 11.1 Å². The van der Waals surface area contributed by atoms with Crippen molar-refractivity contribution >= 4 is 22.7 Å². The molecule has 0 amide bonds. The summed E-state index contributed by atoms with van der Waals surface area (Å²) in [4.78, 5) is 25.1. The van der Waals surface area contributed by atoms with E-state index in [9.17, 15) is 9.59 Å². The number of rotatable bonds is 4. The van der Waals surface area contributed by atoms with Gasteiger partial charge in [0.25, 0.3) is 0 Å². The van der Waals surface area contributed by atoms with Gasteiger partial charge in [0.2, 0.25) is 0 Å². The molecule has 142 valence electrons. The van der Waals surface area contributed by atoms with Gasteiger partial charge in [-0.05, 0) is 47.5 Å². The minimum absolute atomic E-state index is 0.304. The van der Waals surface area contributed by atoms with E-state index >= 15 is 0 Å². The lowest BCUT2D eigenvalue weighted by molar-refractivity contribution is 0.0733. The van der Waals surface area contributed by atoms with Gasteiger partial charge in [0.15, 0.2) is 0 Å². The van der Waals surface area contributed by atoms with Crippen LogP contribution >= 0.6 is 0 Å². The van der Waals surface area contributed by atoms with Crippen LogP contribution in [-0.4, -0.2) is 11.9 Å². The highest BCUT2D eigenvalue weighted by molar-refractivity contribution is 6.05. The average Bonchev–Trinajstić information content (AvgIpc) is 2.74. The number of fused-ring (bicyclic) bond motifs is 1. The molecular weight excluding hydrogens is 364 g/mol. The van der Waals surface area contributed by atoms with Crippen molar-refractivity contribution < 1.29 is 19.1 Å². The van der Waals surface area contributed by atoms with E-state index in [1.54, 1.807) is 36.4 Å². The maximum atomic E-state index is 12.7. The quantitative estimate of drug-likeness (QED) is 0.341. The minimum atomic E-state index is -0.468. The van der Waals surface area contributed by atoms with Gasteiger partial charge in [0, 0.05) is 6.07 Å². The molecule has 0 saturated heterocycles. The second kappa shape index (κ2) is 7.98. The van der Waals surface area contributed by atoms with E-state index < -0.39 is 11.9 Å². The molecule has 0 aliphatic heterocycles. The Bertz CT molecular complexity index is 1200. The van der Waals surface area contributed by atoms with Crippen LogP contribution in [0.3, 0.4) is 0 Å². The summed E-state index contributed by atoms with van der Waals surface area (Å²) in [5.74, 6) is -0.315. The smallest absolute Gasteiger partial charge is 0.344 e. The summed E-state index contributed by atoms with van der Waals surface area (Å²) < 4.78 is 11.0. The van der Waals surface area contributed by atoms with Crippen LogP contribution in [0, 0.1) is 6.92 Å². The summed E-state index contributed by atoms with van der Waals surface area (Å²) in [6.45, 7) is 1.85. The molecule has 4 aromatic rings. The molecule has 0 saturated carbocycles. The molecule has 0 radical (unpaired) electrons. The SMILES string of the molecule is Cc1ccccc1C(=O)Oc1cccc(OC(=O)c2cccc3ccccc23)c1. The fraction of sp³-hybridized carbons (Fsp3) is 0.0400. The normalized spacial score (nSPS) is 10.5. The first-order chi connectivity index (χ1) is 14.1. The number of benzene rings is 4.